The van der Waals surface area contributed by atoms with Gasteiger partial charge in [0, 0.05) is 11.1 Å². The highest BCUT2D eigenvalue weighted by Gasteiger charge is 2.11. The Labute approximate surface area is 104 Å². The summed E-state index contributed by atoms with van der Waals surface area (Å²) in [7, 11) is 1.98. The summed E-state index contributed by atoms with van der Waals surface area (Å²) >= 11 is 6.26. The summed E-state index contributed by atoms with van der Waals surface area (Å²) in [4.78, 5) is 0. The summed E-state index contributed by atoms with van der Waals surface area (Å²) in [6, 6.07) is 6.59. The Balaban J connectivity index is 2.74. The fourth-order valence-electron chi connectivity index (χ4n) is 1.84. The summed E-state index contributed by atoms with van der Waals surface area (Å²) in [6.07, 6.45) is 5.25. The average molecular weight is 238 g/mol. The molecule has 1 nitrogen and oxygen atoms in total. The molecule has 0 saturated carbocycles. The first-order valence-corrected chi connectivity index (χ1v) is 6.11. The Morgan fingerprint density at radius 2 is 2.25 bits per heavy atom. The van der Waals surface area contributed by atoms with E-state index in [-0.39, 0.29) is 0 Å². The predicted octanol–water partition coefficient (Wildman–Crippen LogP) is 4.27. The maximum Gasteiger partial charge on any atom is 0.0456 e. The first kappa shape index (κ1) is 13.3. The minimum absolute atomic E-state index is 0.341. The van der Waals surface area contributed by atoms with Crippen molar-refractivity contribution in [1.82, 2.24) is 5.32 Å². The number of benzene rings is 1. The fourth-order valence-corrected chi connectivity index (χ4v) is 2.20. The van der Waals surface area contributed by atoms with Crippen molar-refractivity contribution < 1.29 is 0 Å². The smallest absolute Gasteiger partial charge is 0.0456 e. The first-order chi connectivity index (χ1) is 7.69. The molecule has 1 aromatic carbocycles. The zero-order chi connectivity index (χ0) is 12.0. The van der Waals surface area contributed by atoms with E-state index in [1.54, 1.807) is 0 Å². The second-order valence-electron chi connectivity index (χ2n) is 4.09. The summed E-state index contributed by atoms with van der Waals surface area (Å²) in [6.45, 7) is 5.80. The van der Waals surface area contributed by atoms with Crippen molar-refractivity contribution in [1.29, 1.82) is 0 Å². The lowest BCUT2D eigenvalue weighted by atomic mass is 10.00. The van der Waals surface area contributed by atoms with Gasteiger partial charge in [-0.25, -0.2) is 0 Å². The molecule has 0 fully saturated rings. The van der Waals surface area contributed by atoms with Crippen LogP contribution in [0.4, 0.5) is 0 Å². The number of nitrogens with one attached hydrogen (secondary N) is 1. The van der Waals surface area contributed by atoms with Crippen LogP contribution in [0.15, 0.2) is 30.9 Å². The summed E-state index contributed by atoms with van der Waals surface area (Å²) in [5.41, 5.74) is 2.40. The topological polar surface area (TPSA) is 12.0 Å². The summed E-state index contributed by atoms with van der Waals surface area (Å²) < 4.78 is 0. The van der Waals surface area contributed by atoms with Crippen molar-refractivity contribution in [3.8, 4) is 0 Å². The quantitative estimate of drug-likeness (QED) is 0.576. The zero-order valence-corrected chi connectivity index (χ0v) is 10.8. The van der Waals surface area contributed by atoms with E-state index in [2.05, 4.69) is 31.0 Å². The second kappa shape index (κ2) is 6.72. The molecule has 2 heteroatoms. The lowest BCUT2D eigenvalue weighted by Gasteiger charge is -2.18. The van der Waals surface area contributed by atoms with E-state index in [1.165, 1.54) is 11.1 Å². The molecule has 0 heterocycles. The minimum atomic E-state index is 0.341. The molecule has 0 aliphatic rings. The van der Waals surface area contributed by atoms with Crippen LogP contribution in [0.5, 0.6) is 0 Å². The number of unbranched alkanes of at least 4 members (excludes halogenated alkanes) is 1. The molecule has 0 spiro atoms. The van der Waals surface area contributed by atoms with Crippen LogP contribution in [0, 0.1) is 6.92 Å². The lowest BCUT2D eigenvalue weighted by Crippen LogP contribution is -2.16. The molecule has 1 rings (SSSR count). The SMILES string of the molecule is C=CCCCC(NC)c1ccc(C)cc1Cl. The molecule has 1 N–H and O–H groups in total. The maximum absolute atomic E-state index is 6.26. The van der Waals surface area contributed by atoms with Crippen LogP contribution in [0.3, 0.4) is 0 Å². The van der Waals surface area contributed by atoms with Crippen molar-refractivity contribution in [3.05, 3.63) is 47.0 Å². The predicted molar refractivity (Wildman–Crippen MR) is 72.0 cm³/mol. The van der Waals surface area contributed by atoms with Gasteiger partial charge in [0.1, 0.15) is 0 Å². The Bertz CT molecular complexity index is 347. The molecule has 0 aliphatic carbocycles. The Hall–Kier alpha value is -0.790. The largest absolute Gasteiger partial charge is 0.313 e. The van der Waals surface area contributed by atoms with Crippen molar-refractivity contribution in [2.24, 2.45) is 0 Å². The van der Waals surface area contributed by atoms with Crippen molar-refractivity contribution in [2.45, 2.75) is 32.2 Å². The summed E-state index contributed by atoms with van der Waals surface area (Å²) in [5, 5.41) is 4.18. The number of rotatable bonds is 6. The molecule has 1 unspecified atom stereocenters. The molecule has 0 aliphatic heterocycles. The van der Waals surface area contributed by atoms with Crippen LogP contribution in [-0.4, -0.2) is 7.05 Å². The first-order valence-electron chi connectivity index (χ1n) is 5.73. The van der Waals surface area contributed by atoms with E-state index < -0.39 is 0 Å². The van der Waals surface area contributed by atoms with Gasteiger partial charge in [-0.05, 0) is 50.4 Å². The third kappa shape index (κ3) is 3.66. The third-order valence-corrected chi connectivity index (χ3v) is 3.11. The van der Waals surface area contributed by atoms with Crippen molar-refractivity contribution >= 4 is 11.6 Å². The van der Waals surface area contributed by atoms with Gasteiger partial charge in [-0.2, -0.15) is 0 Å². The van der Waals surface area contributed by atoms with Crippen LogP contribution < -0.4 is 5.32 Å². The molecular formula is C14H20ClN. The number of halogens is 1. The number of allylic oxidation sites excluding steroid dienone is 1. The van der Waals surface area contributed by atoms with Gasteiger partial charge in [0.05, 0.1) is 0 Å². The molecule has 0 saturated heterocycles. The summed E-state index contributed by atoms with van der Waals surface area (Å²) in [5.74, 6) is 0. The van der Waals surface area contributed by atoms with Crippen LogP contribution in [0.2, 0.25) is 5.02 Å². The van der Waals surface area contributed by atoms with Gasteiger partial charge in [-0.15, -0.1) is 6.58 Å². The van der Waals surface area contributed by atoms with Crippen molar-refractivity contribution in [2.75, 3.05) is 7.05 Å². The number of hydrogen-bond donors (Lipinski definition) is 1. The highest BCUT2D eigenvalue weighted by atomic mass is 35.5. The van der Waals surface area contributed by atoms with E-state index in [1.807, 2.05) is 19.2 Å². The van der Waals surface area contributed by atoms with Crippen LogP contribution in [0.1, 0.15) is 36.4 Å². The normalized spacial score (nSPS) is 12.4. The molecular weight excluding hydrogens is 218 g/mol. The minimum Gasteiger partial charge on any atom is -0.313 e. The Kier molecular flexibility index (Phi) is 5.58. The highest BCUT2D eigenvalue weighted by molar-refractivity contribution is 6.31. The molecule has 1 atom stereocenters. The molecule has 1 aromatic rings. The maximum atomic E-state index is 6.26. The number of aryl methyl sites for hydroxylation is 1. The van der Waals surface area contributed by atoms with Crippen LogP contribution >= 0.6 is 11.6 Å². The lowest BCUT2D eigenvalue weighted by molar-refractivity contribution is 0.530. The van der Waals surface area contributed by atoms with Crippen LogP contribution in [0.25, 0.3) is 0 Å². The standard InChI is InChI=1S/C14H20ClN/c1-4-5-6-7-14(16-3)12-9-8-11(2)10-13(12)15/h4,8-10,14,16H,1,5-7H2,2-3H3. The van der Waals surface area contributed by atoms with Gasteiger partial charge in [-0.3, -0.25) is 0 Å². The van der Waals surface area contributed by atoms with Gasteiger partial charge in [0.2, 0.25) is 0 Å². The third-order valence-electron chi connectivity index (χ3n) is 2.78. The Morgan fingerprint density at radius 1 is 1.50 bits per heavy atom. The van der Waals surface area contributed by atoms with Gasteiger partial charge in [-0.1, -0.05) is 29.8 Å². The van der Waals surface area contributed by atoms with E-state index in [0.29, 0.717) is 6.04 Å². The fraction of sp³-hybridized carbons (Fsp3) is 0.429. The molecule has 88 valence electrons. The van der Waals surface area contributed by atoms with E-state index in [4.69, 9.17) is 11.6 Å². The van der Waals surface area contributed by atoms with Gasteiger partial charge >= 0.3 is 0 Å². The van der Waals surface area contributed by atoms with Gasteiger partial charge < -0.3 is 5.32 Å². The van der Waals surface area contributed by atoms with E-state index in [9.17, 15) is 0 Å². The van der Waals surface area contributed by atoms with Gasteiger partial charge in [0.15, 0.2) is 0 Å². The molecule has 0 aromatic heterocycles. The Morgan fingerprint density at radius 3 is 2.81 bits per heavy atom. The monoisotopic (exact) mass is 237 g/mol. The highest BCUT2D eigenvalue weighted by Crippen LogP contribution is 2.27. The molecule has 0 bridgehead atoms. The van der Waals surface area contributed by atoms with Gasteiger partial charge in [0.25, 0.3) is 0 Å². The van der Waals surface area contributed by atoms with E-state index >= 15 is 0 Å². The number of hydrogen-bond acceptors (Lipinski definition) is 1. The average Bonchev–Trinajstić information content (AvgIpc) is 2.26. The van der Waals surface area contributed by atoms with E-state index in [0.717, 1.165) is 24.3 Å². The van der Waals surface area contributed by atoms with Crippen LogP contribution in [-0.2, 0) is 0 Å². The molecule has 16 heavy (non-hydrogen) atoms. The van der Waals surface area contributed by atoms with Crippen molar-refractivity contribution in [3.63, 3.8) is 0 Å². The molecule has 0 amide bonds. The zero-order valence-electron chi connectivity index (χ0n) is 10.1. The second-order valence-corrected chi connectivity index (χ2v) is 4.49. The molecule has 0 radical (unpaired) electrons.